The third-order valence-electron chi connectivity index (χ3n) is 7.74. The summed E-state index contributed by atoms with van der Waals surface area (Å²) in [4.78, 5) is 11.7. The number of carbonyl (C=O) groups is 1. The molecule has 3 atom stereocenters. The molecule has 3 rings (SSSR count). The van der Waals surface area contributed by atoms with Gasteiger partial charge in [0.1, 0.15) is 5.78 Å². The van der Waals surface area contributed by atoms with E-state index in [1.165, 1.54) is 89.9 Å². The molecule has 3 aliphatic rings. The Morgan fingerprint density at radius 1 is 0.750 bits per heavy atom. The van der Waals surface area contributed by atoms with Gasteiger partial charge in [0.2, 0.25) is 0 Å². The van der Waals surface area contributed by atoms with Gasteiger partial charge in [-0.2, -0.15) is 0 Å². The fourth-order valence-electron chi connectivity index (χ4n) is 6.14. The molecule has 1 heteroatoms. The SMILES string of the molecule is CCCCCCC[C@H]1CC[C@H](C2CCC3CC(=O)CCC3C2)CC1. The van der Waals surface area contributed by atoms with E-state index in [0.29, 0.717) is 5.78 Å². The van der Waals surface area contributed by atoms with Crippen LogP contribution in [0.25, 0.3) is 0 Å². The highest BCUT2D eigenvalue weighted by atomic mass is 16.1. The van der Waals surface area contributed by atoms with Crippen molar-refractivity contribution >= 4 is 5.78 Å². The monoisotopic (exact) mass is 332 g/mol. The summed E-state index contributed by atoms with van der Waals surface area (Å²) in [5.41, 5.74) is 0. The van der Waals surface area contributed by atoms with Crippen LogP contribution in [-0.4, -0.2) is 5.78 Å². The van der Waals surface area contributed by atoms with Crippen molar-refractivity contribution in [2.75, 3.05) is 0 Å². The number of rotatable bonds is 7. The minimum atomic E-state index is 0.550. The van der Waals surface area contributed by atoms with Crippen LogP contribution < -0.4 is 0 Å². The highest BCUT2D eigenvalue weighted by Crippen LogP contribution is 2.47. The number of carbonyl (C=O) groups excluding carboxylic acids is 1. The fraction of sp³-hybridized carbons (Fsp3) is 0.957. The summed E-state index contributed by atoms with van der Waals surface area (Å²) >= 11 is 0. The maximum atomic E-state index is 11.7. The first-order chi connectivity index (χ1) is 11.8. The third-order valence-corrected chi connectivity index (χ3v) is 7.74. The van der Waals surface area contributed by atoms with Gasteiger partial charge in [-0.05, 0) is 68.1 Å². The molecule has 3 fully saturated rings. The molecule has 0 radical (unpaired) electrons. The van der Waals surface area contributed by atoms with Gasteiger partial charge in [0, 0.05) is 12.8 Å². The number of unbranched alkanes of at least 4 members (excludes halogenated alkanes) is 4. The smallest absolute Gasteiger partial charge is 0.133 e. The molecule has 3 unspecified atom stereocenters. The molecule has 0 amide bonds. The van der Waals surface area contributed by atoms with Gasteiger partial charge >= 0.3 is 0 Å². The van der Waals surface area contributed by atoms with Crippen LogP contribution >= 0.6 is 0 Å². The predicted octanol–water partition coefficient (Wildman–Crippen LogP) is 6.94. The molecule has 138 valence electrons. The third kappa shape index (κ3) is 5.09. The van der Waals surface area contributed by atoms with E-state index < -0.39 is 0 Å². The summed E-state index contributed by atoms with van der Waals surface area (Å²) in [6.07, 6.45) is 22.0. The first-order valence-corrected chi connectivity index (χ1v) is 11.3. The van der Waals surface area contributed by atoms with Crippen molar-refractivity contribution < 1.29 is 4.79 Å². The summed E-state index contributed by atoms with van der Waals surface area (Å²) in [6.45, 7) is 2.31. The van der Waals surface area contributed by atoms with Gasteiger partial charge in [0.15, 0.2) is 0 Å². The van der Waals surface area contributed by atoms with Gasteiger partial charge in [-0.1, -0.05) is 58.3 Å². The van der Waals surface area contributed by atoms with E-state index >= 15 is 0 Å². The molecule has 0 aliphatic heterocycles. The maximum absolute atomic E-state index is 11.7. The molecule has 0 bridgehead atoms. The van der Waals surface area contributed by atoms with Crippen molar-refractivity contribution in [2.24, 2.45) is 29.6 Å². The van der Waals surface area contributed by atoms with Crippen molar-refractivity contribution in [1.82, 2.24) is 0 Å². The summed E-state index contributed by atoms with van der Waals surface area (Å²) in [7, 11) is 0. The summed E-state index contributed by atoms with van der Waals surface area (Å²) in [5.74, 6) is 5.30. The van der Waals surface area contributed by atoms with E-state index in [0.717, 1.165) is 42.4 Å². The zero-order chi connectivity index (χ0) is 16.8. The van der Waals surface area contributed by atoms with E-state index in [-0.39, 0.29) is 0 Å². The zero-order valence-corrected chi connectivity index (χ0v) is 16.1. The van der Waals surface area contributed by atoms with Gasteiger partial charge in [-0.25, -0.2) is 0 Å². The Kier molecular flexibility index (Phi) is 7.22. The van der Waals surface area contributed by atoms with Crippen LogP contribution in [0, 0.1) is 29.6 Å². The summed E-state index contributed by atoms with van der Waals surface area (Å²) < 4.78 is 0. The lowest BCUT2D eigenvalue weighted by atomic mass is 9.62. The van der Waals surface area contributed by atoms with Gasteiger partial charge in [-0.3, -0.25) is 4.79 Å². The molecule has 0 aromatic heterocycles. The first-order valence-electron chi connectivity index (χ1n) is 11.3. The van der Waals surface area contributed by atoms with Crippen LogP contribution in [0.3, 0.4) is 0 Å². The van der Waals surface area contributed by atoms with Crippen molar-refractivity contribution in [3.8, 4) is 0 Å². The minimum absolute atomic E-state index is 0.550. The first kappa shape index (κ1) is 18.5. The Labute approximate surface area is 150 Å². The lowest BCUT2D eigenvalue weighted by Crippen LogP contribution is -2.34. The number of hydrogen-bond acceptors (Lipinski definition) is 1. The topological polar surface area (TPSA) is 17.1 Å². The Morgan fingerprint density at radius 3 is 2.21 bits per heavy atom. The van der Waals surface area contributed by atoms with Crippen LogP contribution in [-0.2, 0) is 4.79 Å². The van der Waals surface area contributed by atoms with Gasteiger partial charge in [-0.15, -0.1) is 0 Å². The van der Waals surface area contributed by atoms with Gasteiger partial charge in [0.05, 0.1) is 0 Å². The standard InChI is InChI=1S/C23H40O/c1-2-3-4-5-6-7-18-8-10-19(11-9-18)20-12-13-22-17-23(24)15-14-21(22)16-20/h18-22H,2-17H2,1H3/t18-,19-,20?,21?,22?. The fourth-order valence-corrected chi connectivity index (χ4v) is 6.14. The van der Waals surface area contributed by atoms with Gasteiger partial charge < -0.3 is 0 Å². The summed E-state index contributed by atoms with van der Waals surface area (Å²) in [5, 5.41) is 0. The minimum Gasteiger partial charge on any atom is -0.300 e. The Morgan fingerprint density at radius 2 is 1.42 bits per heavy atom. The largest absolute Gasteiger partial charge is 0.300 e. The molecule has 0 N–H and O–H groups in total. The molecule has 0 aromatic rings. The molecule has 24 heavy (non-hydrogen) atoms. The number of hydrogen-bond donors (Lipinski definition) is 0. The lowest BCUT2D eigenvalue weighted by Gasteiger charge is -2.43. The Hall–Kier alpha value is -0.330. The second-order valence-electron chi connectivity index (χ2n) is 9.36. The van der Waals surface area contributed by atoms with Crippen LogP contribution in [0.2, 0.25) is 0 Å². The summed E-state index contributed by atoms with van der Waals surface area (Å²) in [6, 6.07) is 0. The van der Waals surface area contributed by atoms with Crippen LogP contribution in [0.5, 0.6) is 0 Å². The molecule has 0 heterocycles. The highest BCUT2D eigenvalue weighted by Gasteiger charge is 2.38. The molecule has 0 aromatic carbocycles. The van der Waals surface area contributed by atoms with E-state index in [1.54, 1.807) is 0 Å². The number of ketones is 1. The molecule has 3 saturated carbocycles. The maximum Gasteiger partial charge on any atom is 0.133 e. The average molecular weight is 333 g/mol. The molecular weight excluding hydrogens is 292 g/mol. The van der Waals surface area contributed by atoms with Crippen LogP contribution in [0.15, 0.2) is 0 Å². The van der Waals surface area contributed by atoms with E-state index in [9.17, 15) is 4.79 Å². The Balaban J connectivity index is 1.34. The molecule has 1 nitrogen and oxygen atoms in total. The second kappa shape index (κ2) is 9.39. The van der Waals surface area contributed by atoms with Crippen molar-refractivity contribution in [2.45, 2.75) is 110 Å². The molecule has 0 saturated heterocycles. The van der Waals surface area contributed by atoms with Crippen molar-refractivity contribution in [3.63, 3.8) is 0 Å². The van der Waals surface area contributed by atoms with E-state index in [2.05, 4.69) is 6.92 Å². The van der Waals surface area contributed by atoms with Crippen LogP contribution in [0.1, 0.15) is 110 Å². The second-order valence-corrected chi connectivity index (χ2v) is 9.36. The predicted molar refractivity (Wildman–Crippen MR) is 102 cm³/mol. The number of Topliss-reactive ketones (excluding diaryl/α,β-unsaturated/α-hetero) is 1. The van der Waals surface area contributed by atoms with Crippen LogP contribution in [0.4, 0.5) is 0 Å². The Bertz CT molecular complexity index is 379. The van der Waals surface area contributed by atoms with E-state index in [4.69, 9.17) is 0 Å². The average Bonchev–Trinajstić information content (AvgIpc) is 2.62. The lowest BCUT2D eigenvalue weighted by molar-refractivity contribution is -0.123. The number of fused-ring (bicyclic) bond motifs is 1. The normalized spacial score (nSPS) is 37.2. The van der Waals surface area contributed by atoms with Gasteiger partial charge in [0.25, 0.3) is 0 Å². The molecule has 0 spiro atoms. The highest BCUT2D eigenvalue weighted by molar-refractivity contribution is 5.79. The quantitative estimate of drug-likeness (QED) is 0.461. The zero-order valence-electron chi connectivity index (χ0n) is 16.1. The van der Waals surface area contributed by atoms with Crippen molar-refractivity contribution in [3.05, 3.63) is 0 Å². The molecular formula is C23H40O. The van der Waals surface area contributed by atoms with E-state index in [1.807, 2.05) is 0 Å². The molecule has 3 aliphatic carbocycles. The van der Waals surface area contributed by atoms with Crippen molar-refractivity contribution in [1.29, 1.82) is 0 Å².